The van der Waals surface area contributed by atoms with Gasteiger partial charge in [-0.25, -0.2) is 0 Å². The van der Waals surface area contributed by atoms with Gasteiger partial charge < -0.3 is 5.73 Å². The number of nitrogens with two attached hydrogens (primary N) is 1. The van der Waals surface area contributed by atoms with Gasteiger partial charge in [0.25, 0.3) is 0 Å². The summed E-state index contributed by atoms with van der Waals surface area (Å²) in [5.41, 5.74) is 11.5. The summed E-state index contributed by atoms with van der Waals surface area (Å²) < 4.78 is 1.27. The van der Waals surface area contributed by atoms with Crippen LogP contribution in [-0.2, 0) is 6.42 Å². The van der Waals surface area contributed by atoms with Crippen molar-refractivity contribution in [3.63, 3.8) is 0 Å². The Kier molecular flexibility index (Phi) is 5.22. The monoisotopic (exact) mass is 379 g/mol. The smallest absolute Gasteiger partial charge is 0.0562 e. The minimum Gasteiger partial charge on any atom is -0.320 e. The number of hydrogen-bond donors (Lipinski definition) is 1. The molecule has 0 aromatic heterocycles. The molecule has 0 aliphatic heterocycles. The number of halogens is 1. The fourth-order valence-corrected chi connectivity index (χ4v) is 3.12. The molecule has 2 rings (SSSR count). The molecule has 0 bridgehead atoms. The summed E-state index contributed by atoms with van der Waals surface area (Å²) in [6, 6.07) is 15.0. The Morgan fingerprint density at radius 3 is 2.30 bits per heavy atom. The largest absolute Gasteiger partial charge is 0.320 e. The third kappa shape index (κ3) is 3.61. The Morgan fingerprint density at radius 2 is 1.70 bits per heavy atom. The molecule has 1 atom stereocenters. The molecule has 0 spiro atoms. The van der Waals surface area contributed by atoms with Crippen molar-refractivity contribution < 1.29 is 0 Å². The minimum atomic E-state index is -0.0464. The highest BCUT2D eigenvalue weighted by Gasteiger charge is 2.13. The molecule has 0 amide bonds. The van der Waals surface area contributed by atoms with Crippen LogP contribution in [0.2, 0.25) is 0 Å². The van der Waals surface area contributed by atoms with Crippen molar-refractivity contribution in [1.29, 1.82) is 0 Å². The van der Waals surface area contributed by atoms with Gasteiger partial charge in [-0.3, -0.25) is 0 Å². The quantitative estimate of drug-likeness (QED) is 0.756. The van der Waals surface area contributed by atoms with E-state index in [1.165, 1.54) is 25.8 Å². The van der Waals surface area contributed by atoms with Gasteiger partial charge in [0, 0.05) is 3.57 Å². The number of hydrogen-bond acceptors (Lipinski definition) is 1. The van der Waals surface area contributed by atoms with Crippen LogP contribution in [0.1, 0.15) is 42.1 Å². The standard InChI is InChI=1S/C18H22IN/c1-12(2)11-14-7-9-15(10-8-14)18(20)16-6-4-5-13(3)17(16)19/h4-10,12,18H,11,20H2,1-3H3. The van der Waals surface area contributed by atoms with E-state index in [9.17, 15) is 0 Å². The van der Waals surface area contributed by atoms with Crippen LogP contribution in [0.3, 0.4) is 0 Å². The van der Waals surface area contributed by atoms with Crippen LogP contribution in [0.25, 0.3) is 0 Å². The molecule has 0 fully saturated rings. The van der Waals surface area contributed by atoms with E-state index in [1.807, 2.05) is 0 Å². The van der Waals surface area contributed by atoms with Gasteiger partial charge in [0.2, 0.25) is 0 Å². The molecule has 2 aromatic rings. The highest BCUT2D eigenvalue weighted by molar-refractivity contribution is 14.1. The molecule has 0 aliphatic rings. The molecule has 0 radical (unpaired) electrons. The lowest BCUT2D eigenvalue weighted by atomic mass is 9.95. The van der Waals surface area contributed by atoms with Gasteiger partial charge >= 0.3 is 0 Å². The Labute approximate surface area is 135 Å². The SMILES string of the molecule is Cc1cccc(C(N)c2ccc(CC(C)C)cc2)c1I. The first-order valence-electron chi connectivity index (χ1n) is 7.08. The molecule has 0 aliphatic carbocycles. The molecule has 0 heterocycles. The highest BCUT2D eigenvalue weighted by atomic mass is 127. The maximum atomic E-state index is 6.43. The number of aryl methyl sites for hydroxylation is 1. The van der Waals surface area contributed by atoms with Crippen LogP contribution in [0.15, 0.2) is 42.5 Å². The van der Waals surface area contributed by atoms with Crippen molar-refractivity contribution in [3.8, 4) is 0 Å². The zero-order valence-electron chi connectivity index (χ0n) is 12.4. The maximum absolute atomic E-state index is 6.43. The predicted octanol–water partition coefficient (Wildman–Crippen LogP) is 4.85. The predicted molar refractivity (Wildman–Crippen MR) is 94.9 cm³/mol. The first-order valence-corrected chi connectivity index (χ1v) is 8.16. The minimum absolute atomic E-state index is 0.0464. The second-order valence-corrected chi connectivity index (χ2v) is 6.87. The normalized spacial score (nSPS) is 12.7. The second kappa shape index (κ2) is 6.72. The Balaban J connectivity index is 2.25. The molecule has 20 heavy (non-hydrogen) atoms. The molecular weight excluding hydrogens is 357 g/mol. The molecule has 0 saturated carbocycles. The lowest BCUT2D eigenvalue weighted by molar-refractivity contribution is 0.647. The van der Waals surface area contributed by atoms with E-state index in [4.69, 9.17) is 5.73 Å². The van der Waals surface area contributed by atoms with Crippen LogP contribution in [0.5, 0.6) is 0 Å². The Bertz CT molecular complexity index is 572. The molecule has 2 heteroatoms. The fraction of sp³-hybridized carbons (Fsp3) is 0.333. The van der Waals surface area contributed by atoms with Crippen molar-refractivity contribution >= 4 is 22.6 Å². The van der Waals surface area contributed by atoms with E-state index in [0.717, 1.165) is 6.42 Å². The molecular formula is C18H22IN. The summed E-state index contributed by atoms with van der Waals surface area (Å²) in [7, 11) is 0. The van der Waals surface area contributed by atoms with E-state index >= 15 is 0 Å². The van der Waals surface area contributed by atoms with Crippen LogP contribution in [-0.4, -0.2) is 0 Å². The van der Waals surface area contributed by atoms with Crippen LogP contribution in [0.4, 0.5) is 0 Å². The van der Waals surface area contributed by atoms with Crippen LogP contribution < -0.4 is 5.73 Å². The Morgan fingerprint density at radius 1 is 1.05 bits per heavy atom. The third-order valence-electron chi connectivity index (χ3n) is 3.54. The van der Waals surface area contributed by atoms with Gasteiger partial charge in [0.1, 0.15) is 0 Å². The molecule has 1 nitrogen and oxygen atoms in total. The highest BCUT2D eigenvalue weighted by Crippen LogP contribution is 2.26. The van der Waals surface area contributed by atoms with Gasteiger partial charge in [-0.2, -0.15) is 0 Å². The summed E-state index contributed by atoms with van der Waals surface area (Å²) in [5, 5.41) is 0. The van der Waals surface area contributed by atoms with Gasteiger partial charge in [-0.1, -0.05) is 56.3 Å². The first kappa shape index (κ1) is 15.5. The fourth-order valence-electron chi connectivity index (χ4n) is 2.42. The van der Waals surface area contributed by atoms with Gasteiger partial charge in [-0.15, -0.1) is 0 Å². The second-order valence-electron chi connectivity index (χ2n) is 5.80. The molecule has 106 valence electrons. The van der Waals surface area contributed by atoms with E-state index in [0.29, 0.717) is 5.92 Å². The zero-order chi connectivity index (χ0) is 14.7. The lowest BCUT2D eigenvalue weighted by Crippen LogP contribution is -2.14. The summed E-state index contributed by atoms with van der Waals surface area (Å²) >= 11 is 2.39. The lowest BCUT2D eigenvalue weighted by Gasteiger charge is -2.16. The molecule has 0 saturated heterocycles. The van der Waals surface area contributed by atoms with Gasteiger partial charge in [0.15, 0.2) is 0 Å². The van der Waals surface area contributed by atoms with E-state index in [2.05, 4.69) is 85.8 Å². The number of rotatable bonds is 4. The third-order valence-corrected chi connectivity index (χ3v) is 5.01. The van der Waals surface area contributed by atoms with Crippen LogP contribution >= 0.6 is 22.6 Å². The van der Waals surface area contributed by atoms with Crippen molar-refractivity contribution in [2.75, 3.05) is 0 Å². The number of benzene rings is 2. The van der Waals surface area contributed by atoms with Gasteiger partial charge in [-0.05, 0) is 64.1 Å². The summed E-state index contributed by atoms with van der Waals surface area (Å²) in [5.74, 6) is 0.687. The Hall–Kier alpha value is -0.870. The zero-order valence-corrected chi connectivity index (χ0v) is 14.5. The maximum Gasteiger partial charge on any atom is 0.0562 e. The van der Waals surface area contributed by atoms with Crippen molar-refractivity contribution in [2.45, 2.75) is 33.2 Å². The topological polar surface area (TPSA) is 26.0 Å². The van der Waals surface area contributed by atoms with E-state index in [1.54, 1.807) is 0 Å². The molecule has 2 N–H and O–H groups in total. The van der Waals surface area contributed by atoms with Crippen molar-refractivity contribution in [2.24, 2.45) is 11.7 Å². The molecule has 1 unspecified atom stereocenters. The summed E-state index contributed by atoms with van der Waals surface area (Å²) in [6.07, 6.45) is 1.12. The van der Waals surface area contributed by atoms with E-state index < -0.39 is 0 Å². The molecule has 2 aromatic carbocycles. The summed E-state index contributed by atoms with van der Waals surface area (Å²) in [6.45, 7) is 6.62. The average molecular weight is 379 g/mol. The first-order chi connectivity index (χ1) is 9.49. The van der Waals surface area contributed by atoms with Crippen molar-refractivity contribution in [3.05, 3.63) is 68.3 Å². The van der Waals surface area contributed by atoms with Gasteiger partial charge in [0.05, 0.1) is 6.04 Å². The van der Waals surface area contributed by atoms with E-state index in [-0.39, 0.29) is 6.04 Å². The summed E-state index contributed by atoms with van der Waals surface area (Å²) in [4.78, 5) is 0. The van der Waals surface area contributed by atoms with Crippen molar-refractivity contribution in [1.82, 2.24) is 0 Å². The average Bonchev–Trinajstić information content (AvgIpc) is 2.41. The van der Waals surface area contributed by atoms with Crippen LogP contribution in [0, 0.1) is 16.4 Å².